The van der Waals surface area contributed by atoms with Crippen LogP contribution in [0.1, 0.15) is 0 Å². The minimum absolute atomic E-state index is 0.183. The molecular weight excluding hydrogens is 428 g/mol. The number of nitro groups is 2. The van der Waals surface area contributed by atoms with E-state index in [-0.39, 0.29) is 11.4 Å². The average molecular weight is 442 g/mol. The molecule has 0 atom stereocenters. The minimum Gasteiger partial charge on any atom is -0.497 e. The number of benzene rings is 3. The lowest BCUT2D eigenvalue weighted by molar-refractivity contribution is -0.394. The standard InChI is InChI=1S/C22H14N6O5/c1-33-17-6-4-5-14(12-17)26-21(13-9-15(27(29)30)11-16(10-13)28(31)32)25-20-22(26)24-19-8-3-2-7-18(19)23-20/h2-12H,1H3. The fourth-order valence-corrected chi connectivity index (χ4v) is 3.58. The van der Waals surface area contributed by atoms with Gasteiger partial charge in [-0.15, -0.1) is 0 Å². The smallest absolute Gasteiger partial charge is 0.277 e. The highest BCUT2D eigenvalue weighted by molar-refractivity contribution is 5.86. The molecule has 0 amide bonds. The lowest BCUT2D eigenvalue weighted by atomic mass is 10.1. The first kappa shape index (κ1) is 20.0. The number of ether oxygens (including phenoxy) is 1. The second-order valence-corrected chi connectivity index (χ2v) is 7.08. The van der Waals surface area contributed by atoms with E-state index in [1.807, 2.05) is 18.2 Å². The Morgan fingerprint density at radius 1 is 0.818 bits per heavy atom. The van der Waals surface area contributed by atoms with Crippen LogP contribution < -0.4 is 4.74 Å². The second kappa shape index (κ2) is 7.64. The summed E-state index contributed by atoms with van der Waals surface area (Å²) in [7, 11) is 1.53. The normalized spacial score (nSPS) is 11.1. The van der Waals surface area contributed by atoms with E-state index >= 15 is 0 Å². The van der Waals surface area contributed by atoms with Gasteiger partial charge in [0, 0.05) is 23.8 Å². The number of non-ortho nitro benzene ring substituents is 2. The maximum atomic E-state index is 11.4. The Balaban J connectivity index is 1.88. The highest BCUT2D eigenvalue weighted by Gasteiger charge is 2.23. The highest BCUT2D eigenvalue weighted by Crippen LogP contribution is 2.33. The lowest BCUT2D eigenvalue weighted by Gasteiger charge is -2.10. The van der Waals surface area contributed by atoms with Crippen molar-refractivity contribution >= 4 is 33.7 Å². The summed E-state index contributed by atoms with van der Waals surface area (Å²) in [5.74, 6) is 0.791. The number of methoxy groups -OCH3 is 1. The molecule has 5 aromatic rings. The molecule has 5 rings (SSSR count). The van der Waals surface area contributed by atoms with Crippen molar-refractivity contribution in [3.8, 4) is 22.8 Å². The maximum Gasteiger partial charge on any atom is 0.277 e. The van der Waals surface area contributed by atoms with Crippen LogP contribution in [0.4, 0.5) is 11.4 Å². The fraction of sp³-hybridized carbons (Fsp3) is 0.0455. The van der Waals surface area contributed by atoms with E-state index in [1.165, 1.54) is 19.2 Å². The topological polar surface area (TPSA) is 139 Å². The Labute approximate surface area is 185 Å². The first-order chi connectivity index (χ1) is 15.9. The summed E-state index contributed by atoms with van der Waals surface area (Å²) < 4.78 is 6.99. The SMILES string of the molecule is COc1cccc(-n2c(-c3cc([N+](=O)[O-])cc([N+](=O)[O-])c3)nc3nc4ccccc4nc32)c1. The molecule has 0 aliphatic heterocycles. The molecule has 2 aromatic heterocycles. The predicted octanol–water partition coefficient (Wildman–Crippen LogP) is 4.46. The van der Waals surface area contributed by atoms with E-state index in [0.717, 1.165) is 6.07 Å². The van der Waals surface area contributed by atoms with Gasteiger partial charge in [0.15, 0.2) is 11.3 Å². The van der Waals surface area contributed by atoms with Crippen LogP contribution in [-0.2, 0) is 0 Å². The van der Waals surface area contributed by atoms with Gasteiger partial charge in [-0.3, -0.25) is 24.8 Å². The van der Waals surface area contributed by atoms with E-state index in [2.05, 4.69) is 9.97 Å². The fourth-order valence-electron chi connectivity index (χ4n) is 3.58. The number of hydrogen-bond donors (Lipinski definition) is 0. The van der Waals surface area contributed by atoms with Crippen LogP contribution in [0.2, 0.25) is 0 Å². The molecule has 0 radical (unpaired) electrons. The molecule has 0 saturated carbocycles. The Morgan fingerprint density at radius 3 is 2.12 bits per heavy atom. The van der Waals surface area contributed by atoms with E-state index in [1.54, 1.807) is 34.9 Å². The summed E-state index contributed by atoms with van der Waals surface area (Å²) in [5, 5.41) is 22.9. The molecule has 11 nitrogen and oxygen atoms in total. The number of fused-ring (bicyclic) bond motifs is 2. The van der Waals surface area contributed by atoms with E-state index in [4.69, 9.17) is 9.72 Å². The first-order valence-electron chi connectivity index (χ1n) is 9.68. The van der Waals surface area contributed by atoms with Crippen LogP contribution in [0, 0.1) is 20.2 Å². The summed E-state index contributed by atoms with van der Waals surface area (Å²) in [6.07, 6.45) is 0. The summed E-state index contributed by atoms with van der Waals surface area (Å²) in [6, 6.07) is 17.7. The van der Waals surface area contributed by atoms with E-state index in [0.29, 0.717) is 33.8 Å². The van der Waals surface area contributed by atoms with E-state index in [9.17, 15) is 20.2 Å². The Kier molecular flexibility index (Phi) is 4.63. The molecule has 0 unspecified atom stereocenters. The Bertz CT molecular complexity index is 1550. The molecule has 3 aromatic carbocycles. The molecular formula is C22H14N6O5. The molecule has 0 saturated heterocycles. The van der Waals surface area contributed by atoms with Crippen LogP contribution in [0.3, 0.4) is 0 Å². The van der Waals surface area contributed by atoms with Crippen molar-refractivity contribution in [1.29, 1.82) is 0 Å². The van der Waals surface area contributed by atoms with Crippen LogP contribution >= 0.6 is 0 Å². The monoisotopic (exact) mass is 442 g/mol. The van der Waals surface area contributed by atoms with Crippen LogP contribution in [0.5, 0.6) is 5.75 Å². The van der Waals surface area contributed by atoms with Gasteiger partial charge in [0.2, 0.25) is 0 Å². The van der Waals surface area contributed by atoms with Gasteiger partial charge < -0.3 is 4.74 Å². The predicted molar refractivity (Wildman–Crippen MR) is 119 cm³/mol. The van der Waals surface area contributed by atoms with Gasteiger partial charge in [0.25, 0.3) is 11.4 Å². The van der Waals surface area contributed by atoms with Gasteiger partial charge >= 0.3 is 0 Å². The van der Waals surface area contributed by atoms with Crippen molar-refractivity contribution in [3.05, 3.63) is 87.0 Å². The quantitative estimate of drug-likeness (QED) is 0.287. The third-order valence-electron chi connectivity index (χ3n) is 5.06. The lowest BCUT2D eigenvalue weighted by Crippen LogP contribution is -2.01. The number of imidazole rings is 1. The van der Waals surface area contributed by atoms with Gasteiger partial charge in [0.1, 0.15) is 11.6 Å². The number of nitrogens with zero attached hydrogens (tertiary/aromatic N) is 6. The molecule has 33 heavy (non-hydrogen) atoms. The Hall–Kier alpha value is -4.93. The maximum absolute atomic E-state index is 11.4. The van der Waals surface area contributed by atoms with Crippen molar-refractivity contribution in [2.24, 2.45) is 0 Å². The van der Waals surface area contributed by atoms with Crippen LogP contribution in [-0.4, -0.2) is 36.5 Å². The van der Waals surface area contributed by atoms with Crippen LogP contribution in [0.25, 0.3) is 39.4 Å². The number of para-hydroxylation sites is 2. The van der Waals surface area contributed by atoms with Crippen molar-refractivity contribution in [3.63, 3.8) is 0 Å². The molecule has 0 fully saturated rings. The first-order valence-corrected chi connectivity index (χ1v) is 9.68. The highest BCUT2D eigenvalue weighted by atomic mass is 16.6. The molecule has 0 aliphatic carbocycles. The van der Waals surface area contributed by atoms with Crippen molar-refractivity contribution < 1.29 is 14.6 Å². The largest absolute Gasteiger partial charge is 0.497 e. The zero-order chi connectivity index (χ0) is 23.1. The third-order valence-corrected chi connectivity index (χ3v) is 5.06. The summed E-state index contributed by atoms with van der Waals surface area (Å²) in [5.41, 5.74) is 1.88. The Morgan fingerprint density at radius 2 is 1.48 bits per heavy atom. The van der Waals surface area contributed by atoms with Gasteiger partial charge in [-0.05, 0) is 24.3 Å². The minimum atomic E-state index is -0.681. The summed E-state index contributed by atoms with van der Waals surface area (Å²) in [6.45, 7) is 0. The zero-order valence-electron chi connectivity index (χ0n) is 17.1. The molecule has 0 N–H and O–H groups in total. The molecule has 0 bridgehead atoms. The average Bonchev–Trinajstić information content (AvgIpc) is 3.20. The molecule has 2 heterocycles. The molecule has 0 spiro atoms. The third kappa shape index (κ3) is 3.47. The number of nitro benzene ring substituents is 2. The van der Waals surface area contributed by atoms with Crippen molar-refractivity contribution in [1.82, 2.24) is 19.5 Å². The van der Waals surface area contributed by atoms with Crippen LogP contribution in [0.15, 0.2) is 66.7 Å². The number of aromatic nitrogens is 4. The van der Waals surface area contributed by atoms with Gasteiger partial charge in [0.05, 0.1) is 39.7 Å². The molecule has 162 valence electrons. The van der Waals surface area contributed by atoms with Crippen molar-refractivity contribution in [2.45, 2.75) is 0 Å². The molecule has 0 aliphatic rings. The van der Waals surface area contributed by atoms with Crippen molar-refractivity contribution in [2.75, 3.05) is 7.11 Å². The van der Waals surface area contributed by atoms with E-state index < -0.39 is 21.2 Å². The second-order valence-electron chi connectivity index (χ2n) is 7.08. The summed E-state index contributed by atoms with van der Waals surface area (Å²) >= 11 is 0. The van der Waals surface area contributed by atoms with Gasteiger partial charge in [-0.2, -0.15) is 0 Å². The van der Waals surface area contributed by atoms with Gasteiger partial charge in [-0.25, -0.2) is 15.0 Å². The summed E-state index contributed by atoms with van der Waals surface area (Å²) in [4.78, 5) is 35.4. The molecule has 11 heteroatoms. The van der Waals surface area contributed by atoms with Gasteiger partial charge in [-0.1, -0.05) is 18.2 Å². The number of hydrogen-bond acceptors (Lipinski definition) is 8. The zero-order valence-corrected chi connectivity index (χ0v) is 17.1. The number of rotatable bonds is 5.